The fourth-order valence-corrected chi connectivity index (χ4v) is 3.08. The van der Waals surface area contributed by atoms with Crippen LogP contribution in [0.15, 0.2) is 18.2 Å². The van der Waals surface area contributed by atoms with Crippen LogP contribution >= 0.6 is 0 Å². The number of piperazine rings is 1. The molecule has 26 heavy (non-hydrogen) atoms. The molecule has 1 fully saturated rings. The van der Waals surface area contributed by atoms with Gasteiger partial charge in [-0.05, 0) is 43.0 Å². The minimum Gasteiger partial charge on any atom is -0.493 e. The molecule has 0 spiro atoms. The van der Waals surface area contributed by atoms with Crippen molar-refractivity contribution in [2.45, 2.75) is 26.7 Å². The van der Waals surface area contributed by atoms with Crippen molar-refractivity contribution >= 4 is 6.03 Å². The molecule has 2 rings (SSSR count). The minimum atomic E-state index is 0.0361. The van der Waals surface area contributed by atoms with Crippen LogP contribution in [0.2, 0.25) is 0 Å². The first kappa shape index (κ1) is 20.4. The van der Waals surface area contributed by atoms with Gasteiger partial charge in [0.2, 0.25) is 0 Å². The quantitative estimate of drug-likeness (QED) is 0.771. The Labute approximate surface area is 157 Å². The lowest BCUT2D eigenvalue weighted by Gasteiger charge is -2.35. The summed E-state index contributed by atoms with van der Waals surface area (Å²) in [4.78, 5) is 16.7. The van der Waals surface area contributed by atoms with Gasteiger partial charge in [0.05, 0.1) is 14.2 Å². The van der Waals surface area contributed by atoms with Crippen LogP contribution in [0.5, 0.6) is 11.5 Å². The fourth-order valence-electron chi connectivity index (χ4n) is 3.08. The highest BCUT2D eigenvalue weighted by Crippen LogP contribution is 2.27. The number of amides is 2. The zero-order valence-electron chi connectivity index (χ0n) is 16.6. The molecule has 0 unspecified atom stereocenters. The fraction of sp³-hybridized carbons (Fsp3) is 0.650. The predicted octanol–water partition coefficient (Wildman–Crippen LogP) is 2.62. The highest BCUT2D eigenvalue weighted by Gasteiger charge is 2.20. The Morgan fingerprint density at radius 1 is 1.12 bits per heavy atom. The van der Waals surface area contributed by atoms with Gasteiger partial charge in [-0.1, -0.05) is 19.9 Å². The van der Waals surface area contributed by atoms with Gasteiger partial charge in [0.15, 0.2) is 11.5 Å². The third-order valence-electron chi connectivity index (χ3n) is 4.82. The van der Waals surface area contributed by atoms with Crippen molar-refractivity contribution in [2.75, 3.05) is 53.5 Å². The lowest BCUT2D eigenvalue weighted by Crippen LogP contribution is -2.52. The molecule has 1 N–H and O–H groups in total. The largest absolute Gasteiger partial charge is 0.493 e. The highest BCUT2D eigenvalue weighted by atomic mass is 16.5. The van der Waals surface area contributed by atoms with Crippen molar-refractivity contribution in [1.82, 2.24) is 15.1 Å². The van der Waals surface area contributed by atoms with Crippen LogP contribution in [0.1, 0.15) is 25.8 Å². The van der Waals surface area contributed by atoms with Gasteiger partial charge in [-0.3, -0.25) is 4.90 Å². The zero-order chi connectivity index (χ0) is 18.9. The molecule has 6 heteroatoms. The van der Waals surface area contributed by atoms with Crippen molar-refractivity contribution in [1.29, 1.82) is 0 Å². The Kier molecular flexibility index (Phi) is 8.04. The molecule has 1 aliphatic heterocycles. The molecule has 1 saturated heterocycles. The Morgan fingerprint density at radius 2 is 1.81 bits per heavy atom. The van der Waals surface area contributed by atoms with Crippen molar-refractivity contribution in [2.24, 2.45) is 5.92 Å². The number of ether oxygens (including phenoxy) is 2. The highest BCUT2D eigenvalue weighted by molar-refractivity contribution is 5.74. The van der Waals surface area contributed by atoms with E-state index in [-0.39, 0.29) is 6.03 Å². The van der Waals surface area contributed by atoms with Crippen LogP contribution < -0.4 is 14.8 Å². The summed E-state index contributed by atoms with van der Waals surface area (Å²) < 4.78 is 10.6. The standard InChI is InChI=1S/C20H33N3O3/c1-16(2)8-10-22-11-13-23(14-12-22)20(24)21-9-7-17-5-6-18(25-3)19(15-17)26-4/h5-6,15-16H,7-14H2,1-4H3,(H,21,24). The number of nitrogens with zero attached hydrogens (tertiary/aromatic N) is 2. The number of nitrogens with one attached hydrogen (secondary N) is 1. The normalized spacial score (nSPS) is 15.2. The van der Waals surface area contributed by atoms with Crippen molar-refractivity contribution < 1.29 is 14.3 Å². The van der Waals surface area contributed by atoms with E-state index in [1.165, 1.54) is 6.42 Å². The molecule has 1 aromatic rings. The average Bonchev–Trinajstić information content (AvgIpc) is 2.66. The minimum absolute atomic E-state index is 0.0361. The molecule has 0 aromatic heterocycles. The zero-order valence-corrected chi connectivity index (χ0v) is 16.6. The summed E-state index contributed by atoms with van der Waals surface area (Å²) in [5.41, 5.74) is 1.11. The lowest BCUT2D eigenvalue weighted by atomic mass is 10.1. The second-order valence-electron chi connectivity index (χ2n) is 7.18. The topological polar surface area (TPSA) is 54.0 Å². The van der Waals surface area contributed by atoms with Crippen molar-refractivity contribution in [3.63, 3.8) is 0 Å². The molecular weight excluding hydrogens is 330 g/mol. The molecule has 1 aromatic carbocycles. The van der Waals surface area contributed by atoms with E-state index in [0.717, 1.165) is 56.4 Å². The van der Waals surface area contributed by atoms with Gasteiger partial charge in [0.1, 0.15) is 0 Å². The number of hydrogen-bond acceptors (Lipinski definition) is 4. The molecule has 1 aliphatic rings. The molecule has 0 saturated carbocycles. The summed E-state index contributed by atoms with van der Waals surface area (Å²) in [6.45, 7) is 9.80. The molecule has 6 nitrogen and oxygen atoms in total. The van der Waals surface area contributed by atoms with E-state index in [1.54, 1.807) is 14.2 Å². The van der Waals surface area contributed by atoms with E-state index in [2.05, 4.69) is 24.1 Å². The van der Waals surface area contributed by atoms with Crippen LogP contribution in [0.4, 0.5) is 4.79 Å². The third kappa shape index (κ3) is 6.09. The summed E-state index contributed by atoms with van der Waals surface area (Å²) in [5, 5.41) is 3.03. The van der Waals surface area contributed by atoms with Crippen LogP contribution in [-0.4, -0.2) is 69.3 Å². The maximum atomic E-state index is 12.3. The van der Waals surface area contributed by atoms with Crippen LogP contribution in [0, 0.1) is 5.92 Å². The lowest BCUT2D eigenvalue weighted by molar-refractivity contribution is 0.136. The first-order chi connectivity index (χ1) is 12.5. The second kappa shape index (κ2) is 10.3. The van der Waals surface area contributed by atoms with Gasteiger partial charge in [0.25, 0.3) is 0 Å². The summed E-state index contributed by atoms with van der Waals surface area (Å²) in [5.74, 6) is 2.16. The summed E-state index contributed by atoms with van der Waals surface area (Å²) in [6, 6.07) is 5.89. The molecule has 2 amide bonds. The smallest absolute Gasteiger partial charge is 0.317 e. The van der Waals surface area contributed by atoms with E-state index in [1.807, 2.05) is 23.1 Å². The summed E-state index contributed by atoms with van der Waals surface area (Å²) in [6.07, 6.45) is 1.98. The average molecular weight is 364 g/mol. The van der Waals surface area contributed by atoms with Gasteiger partial charge in [-0.2, -0.15) is 0 Å². The van der Waals surface area contributed by atoms with E-state index in [4.69, 9.17) is 9.47 Å². The molecule has 1 heterocycles. The number of benzene rings is 1. The maximum absolute atomic E-state index is 12.3. The van der Waals surface area contributed by atoms with E-state index in [9.17, 15) is 4.79 Å². The third-order valence-corrected chi connectivity index (χ3v) is 4.82. The van der Waals surface area contributed by atoms with Gasteiger partial charge in [-0.15, -0.1) is 0 Å². The molecule has 146 valence electrons. The number of hydrogen-bond donors (Lipinski definition) is 1. The van der Waals surface area contributed by atoms with Gasteiger partial charge in [0, 0.05) is 32.7 Å². The van der Waals surface area contributed by atoms with Gasteiger partial charge >= 0.3 is 6.03 Å². The second-order valence-corrected chi connectivity index (χ2v) is 7.18. The maximum Gasteiger partial charge on any atom is 0.317 e. The molecule has 0 aliphatic carbocycles. The van der Waals surface area contributed by atoms with Crippen LogP contribution in [0.3, 0.4) is 0 Å². The van der Waals surface area contributed by atoms with E-state index in [0.29, 0.717) is 12.3 Å². The SMILES string of the molecule is COc1ccc(CCNC(=O)N2CCN(CCC(C)C)CC2)cc1OC. The van der Waals surface area contributed by atoms with Crippen LogP contribution in [-0.2, 0) is 6.42 Å². The Balaban J connectivity index is 1.71. The number of urea groups is 1. The monoisotopic (exact) mass is 363 g/mol. The number of rotatable bonds is 8. The van der Waals surface area contributed by atoms with Crippen molar-refractivity contribution in [3.05, 3.63) is 23.8 Å². The summed E-state index contributed by atoms with van der Waals surface area (Å²) in [7, 11) is 3.25. The Hall–Kier alpha value is -1.95. The Bertz CT molecular complexity index is 569. The number of carbonyl (C=O) groups is 1. The Morgan fingerprint density at radius 3 is 2.42 bits per heavy atom. The van der Waals surface area contributed by atoms with Crippen LogP contribution in [0.25, 0.3) is 0 Å². The predicted molar refractivity (Wildman–Crippen MR) is 104 cm³/mol. The number of methoxy groups -OCH3 is 2. The first-order valence-electron chi connectivity index (χ1n) is 9.49. The van der Waals surface area contributed by atoms with E-state index < -0.39 is 0 Å². The molecule has 0 atom stereocenters. The summed E-state index contributed by atoms with van der Waals surface area (Å²) >= 11 is 0. The molecule has 0 bridgehead atoms. The molecule has 0 radical (unpaired) electrons. The van der Waals surface area contributed by atoms with Crippen molar-refractivity contribution in [3.8, 4) is 11.5 Å². The van der Waals surface area contributed by atoms with Gasteiger partial charge < -0.3 is 19.7 Å². The van der Waals surface area contributed by atoms with Gasteiger partial charge in [-0.25, -0.2) is 4.79 Å². The first-order valence-corrected chi connectivity index (χ1v) is 9.49. The number of carbonyl (C=O) groups excluding carboxylic acids is 1. The van der Waals surface area contributed by atoms with E-state index >= 15 is 0 Å². The molecular formula is C20H33N3O3.